The Bertz CT molecular complexity index is 725. The number of carbonyl (C=O) groups is 2. The first-order valence-corrected chi connectivity index (χ1v) is 8.46. The van der Waals surface area contributed by atoms with E-state index in [-0.39, 0.29) is 23.5 Å². The van der Waals surface area contributed by atoms with Gasteiger partial charge in [-0.1, -0.05) is 45.9 Å². The van der Waals surface area contributed by atoms with Gasteiger partial charge in [-0.2, -0.15) is 0 Å². The van der Waals surface area contributed by atoms with Gasteiger partial charge in [0, 0.05) is 16.7 Å². The molecule has 0 fully saturated rings. The molecule has 2 rings (SSSR count). The third-order valence-corrected chi connectivity index (χ3v) is 4.54. The molecule has 3 nitrogen and oxygen atoms in total. The zero-order chi connectivity index (χ0) is 17.1. The van der Waals surface area contributed by atoms with Gasteiger partial charge in [0.1, 0.15) is 0 Å². The summed E-state index contributed by atoms with van der Waals surface area (Å²) in [5.74, 6) is -0.146. The summed E-state index contributed by atoms with van der Waals surface area (Å²) in [6.45, 7) is 7.87. The van der Waals surface area contributed by atoms with Crippen LogP contribution in [0.4, 0.5) is 0 Å². The quantitative estimate of drug-likeness (QED) is 0.718. The monoisotopic (exact) mass is 373 g/mol. The van der Waals surface area contributed by atoms with Crippen molar-refractivity contribution in [2.24, 2.45) is 16.8 Å². The van der Waals surface area contributed by atoms with E-state index in [0.29, 0.717) is 26.9 Å². The number of hydrogen-bond acceptors (Lipinski definition) is 2. The maximum Gasteiger partial charge on any atom is 0.277 e. The zero-order valence-electron chi connectivity index (χ0n) is 13.8. The SMILES string of the molecule is CC(C)C1=CC(=NC(=O)c2ccccc2)C(Br)=C(C(C)C)C1=O. The molecular weight excluding hydrogens is 354 g/mol. The highest BCUT2D eigenvalue weighted by molar-refractivity contribution is 9.12. The number of rotatable bonds is 3. The lowest BCUT2D eigenvalue weighted by molar-refractivity contribution is -0.113. The van der Waals surface area contributed by atoms with Crippen LogP contribution in [0.25, 0.3) is 0 Å². The Kier molecular flexibility index (Phi) is 5.47. The van der Waals surface area contributed by atoms with Gasteiger partial charge in [-0.25, -0.2) is 4.99 Å². The van der Waals surface area contributed by atoms with Crippen LogP contribution in [0, 0.1) is 11.8 Å². The number of Topliss-reactive ketones (excluding diaryl/α,β-unsaturated/α-hetero) is 1. The van der Waals surface area contributed by atoms with E-state index in [9.17, 15) is 9.59 Å². The number of ketones is 1. The Morgan fingerprint density at radius 1 is 1.04 bits per heavy atom. The molecule has 0 N–H and O–H groups in total. The van der Waals surface area contributed by atoms with Crippen molar-refractivity contribution in [1.82, 2.24) is 0 Å². The predicted molar refractivity (Wildman–Crippen MR) is 96.9 cm³/mol. The van der Waals surface area contributed by atoms with Crippen molar-refractivity contribution < 1.29 is 9.59 Å². The summed E-state index contributed by atoms with van der Waals surface area (Å²) >= 11 is 3.47. The first-order chi connectivity index (χ1) is 10.8. The van der Waals surface area contributed by atoms with E-state index in [0.717, 1.165) is 0 Å². The van der Waals surface area contributed by atoms with Crippen molar-refractivity contribution in [3.05, 3.63) is 57.6 Å². The average molecular weight is 374 g/mol. The highest BCUT2D eigenvalue weighted by Gasteiger charge is 2.29. The van der Waals surface area contributed by atoms with Crippen LogP contribution in [0.15, 0.2) is 57.0 Å². The van der Waals surface area contributed by atoms with E-state index in [1.807, 2.05) is 33.8 Å². The molecule has 120 valence electrons. The number of benzene rings is 1. The molecule has 0 bridgehead atoms. The lowest BCUT2D eigenvalue weighted by Gasteiger charge is -2.22. The second-order valence-corrected chi connectivity index (χ2v) is 6.93. The van der Waals surface area contributed by atoms with Crippen molar-refractivity contribution in [2.75, 3.05) is 0 Å². The summed E-state index contributed by atoms with van der Waals surface area (Å²) in [4.78, 5) is 29.2. The topological polar surface area (TPSA) is 46.5 Å². The molecule has 1 aromatic rings. The lowest BCUT2D eigenvalue weighted by Crippen LogP contribution is -2.23. The zero-order valence-corrected chi connectivity index (χ0v) is 15.3. The summed E-state index contributed by atoms with van der Waals surface area (Å²) in [6.07, 6.45) is 1.73. The van der Waals surface area contributed by atoms with Gasteiger partial charge in [0.2, 0.25) is 0 Å². The highest BCUT2D eigenvalue weighted by Crippen LogP contribution is 2.32. The minimum absolute atomic E-state index is 0.0352. The van der Waals surface area contributed by atoms with Crippen molar-refractivity contribution >= 4 is 33.3 Å². The van der Waals surface area contributed by atoms with Crippen molar-refractivity contribution in [2.45, 2.75) is 27.7 Å². The Labute approximate surface area is 145 Å². The van der Waals surface area contributed by atoms with Crippen LogP contribution in [0.1, 0.15) is 38.1 Å². The summed E-state index contributed by atoms with van der Waals surface area (Å²) < 4.78 is 0.617. The van der Waals surface area contributed by atoms with Gasteiger partial charge in [-0.15, -0.1) is 0 Å². The Morgan fingerprint density at radius 3 is 2.17 bits per heavy atom. The second kappa shape index (κ2) is 7.18. The third kappa shape index (κ3) is 3.75. The Morgan fingerprint density at radius 2 is 1.65 bits per heavy atom. The smallest absolute Gasteiger partial charge is 0.277 e. The number of aliphatic imine (C=N–C) groups is 1. The largest absolute Gasteiger partial charge is 0.289 e. The summed E-state index contributed by atoms with van der Waals surface area (Å²) in [5, 5.41) is 0. The number of allylic oxidation sites excluding steroid dienone is 4. The van der Waals surface area contributed by atoms with Crippen LogP contribution in [0.2, 0.25) is 0 Å². The second-order valence-electron chi connectivity index (χ2n) is 6.13. The molecule has 1 aliphatic rings. The van der Waals surface area contributed by atoms with Crippen molar-refractivity contribution in [1.29, 1.82) is 0 Å². The normalized spacial score (nSPS) is 17.3. The van der Waals surface area contributed by atoms with E-state index >= 15 is 0 Å². The lowest BCUT2D eigenvalue weighted by atomic mass is 9.84. The van der Waals surface area contributed by atoms with Crippen molar-refractivity contribution in [3.63, 3.8) is 0 Å². The molecule has 0 spiro atoms. The average Bonchev–Trinajstić information content (AvgIpc) is 2.50. The molecule has 23 heavy (non-hydrogen) atoms. The van der Waals surface area contributed by atoms with Crippen LogP contribution in [-0.4, -0.2) is 17.4 Å². The van der Waals surface area contributed by atoms with Gasteiger partial charge in [0.15, 0.2) is 5.78 Å². The number of nitrogens with zero attached hydrogens (tertiary/aromatic N) is 1. The van der Waals surface area contributed by atoms with Gasteiger partial charge in [0.05, 0.1) is 10.2 Å². The molecule has 0 heterocycles. The summed E-state index contributed by atoms with van der Waals surface area (Å²) in [5.41, 5.74) is 2.42. The van der Waals surface area contributed by atoms with Gasteiger partial charge >= 0.3 is 0 Å². The van der Waals surface area contributed by atoms with Gasteiger partial charge in [-0.3, -0.25) is 9.59 Å². The molecule has 0 saturated carbocycles. The van der Waals surface area contributed by atoms with Gasteiger partial charge in [0.25, 0.3) is 5.91 Å². The van der Waals surface area contributed by atoms with Gasteiger partial charge in [-0.05, 0) is 46.0 Å². The van der Waals surface area contributed by atoms with Gasteiger partial charge < -0.3 is 0 Å². The highest BCUT2D eigenvalue weighted by atomic mass is 79.9. The van der Waals surface area contributed by atoms with Crippen molar-refractivity contribution in [3.8, 4) is 0 Å². The molecule has 0 unspecified atom stereocenters. The number of hydrogen-bond donors (Lipinski definition) is 0. The molecule has 4 heteroatoms. The number of halogens is 1. The van der Waals surface area contributed by atoms with E-state index in [1.165, 1.54) is 0 Å². The summed E-state index contributed by atoms with van der Waals surface area (Å²) in [7, 11) is 0. The molecule has 0 aromatic heterocycles. The molecule has 1 aliphatic carbocycles. The predicted octanol–water partition coefficient (Wildman–Crippen LogP) is 4.74. The molecule has 0 radical (unpaired) electrons. The van der Waals surface area contributed by atoms with Crippen LogP contribution in [-0.2, 0) is 4.79 Å². The number of carbonyl (C=O) groups excluding carboxylic acids is 2. The molecular formula is C19H20BrNO2. The molecule has 0 atom stereocenters. The fraction of sp³-hybridized carbons (Fsp3) is 0.316. The molecule has 0 saturated heterocycles. The fourth-order valence-electron chi connectivity index (χ4n) is 2.45. The summed E-state index contributed by atoms with van der Waals surface area (Å²) in [6, 6.07) is 8.92. The first kappa shape index (κ1) is 17.5. The first-order valence-electron chi connectivity index (χ1n) is 7.67. The number of amides is 1. The molecule has 0 aliphatic heterocycles. The van der Waals surface area contributed by atoms with E-state index in [1.54, 1.807) is 30.3 Å². The van der Waals surface area contributed by atoms with Crippen LogP contribution in [0.5, 0.6) is 0 Å². The van der Waals surface area contributed by atoms with Crippen LogP contribution in [0.3, 0.4) is 0 Å². The fourth-order valence-corrected chi connectivity index (χ4v) is 3.29. The van der Waals surface area contributed by atoms with Crippen LogP contribution < -0.4 is 0 Å². The minimum atomic E-state index is -0.311. The Hall–Kier alpha value is -1.81. The van der Waals surface area contributed by atoms with Crippen LogP contribution >= 0.6 is 15.9 Å². The third-order valence-electron chi connectivity index (χ3n) is 3.70. The maximum atomic E-state index is 12.6. The molecule has 1 aromatic carbocycles. The van der Waals surface area contributed by atoms with E-state index in [4.69, 9.17) is 0 Å². The van der Waals surface area contributed by atoms with E-state index < -0.39 is 0 Å². The minimum Gasteiger partial charge on any atom is -0.289 e. The Balaban J connectivity index is 2.52. The standard InChI is InChI=1S/C19H20BrNO2/c1-11(2)14-10-15(17(20)16(12(3)4)18(14)22)21-19(23)13-8-6-5-7-9-13/h5-12H,1-4H3. The maximum absolute atomic E-state index is 12.6. The molecule has 1 amide bonds. The van der Waals surface area contributed by atoms with E-state index in [2.05, 4.69) is 20.9 Å².